The highest BCUT2D eigenvalue weighted by Gasteiger charge is 2.08. The quantitative estimate of drug-likeness (QED) is 0.603. The van der Waals surface area contributed by atoms with Gasteiger partial charge in [0.15, 0.2) is 5.82 Å². The summed E-state index contributed by atoms with van der Waals surface area (Å²) in [5.41, 5.74) is 0. The Kier molecular flexibility index (Phi) is 2.01. The monoisotopic (exact) mass is 141 g/mol. The van der Waals surface area contributed by atoms with Gasteiger partial charge in [0.25, 0.3) is 0 Å². The Labute approximate surface area is 59.8 Å². The van der Waals surface area contributed by atoms with Crippen LogP contribution in [-0.2, 0) is 11.8 Å². The van der Waals surface area contributed by atoms with Crippen LogP contribution in [0.1, 0.15) is 18.9 Å². The van der Waals surface area contributed by atoms with Gasteiger partial charge < -0.3 is 9.30 Å². The fourth-order valence-corrected chi connectivity index (χ4v) is 0.766. The number of hydrogen-bond donors (Lipinski definition) is 0. The minimum atomic E-state index is 0.0208. The predicted octanol–water partition coefficient (Wildman–Crippen LogP) is 0.523. The van der Waals surface area contributed by atoms with E-state index in [4.69, 9.17) is 4.74 Å². The molecule has 0 spiro atoms. The fraction of sp³-hybridized carbons (Fsp3) is 0.667. The molecule has 4 heteroatoms. The van der Waals surface area contributed by atoms with Crippen LogP contribution in [0.3, 0.4) is 0 Å². The SMILES string of the molecule is COC(C)c1nncn1C. The highest BCUT2D eigenvalue weighted by molar-refractivity contribution is 4.87. The van der Waals surface area contributed by atoms with Gasteiger partial charge in [0.1, 0.15) is 12.4 Å². The van der Waals surface area contributed by atoms with Crippen molar-refractivity contribution < 1.29 is 4.74 Å². The molecule has 0 radical (unpaired) electrons. The molecule has 1 aromatic rings. The van der Waals surface area contributed by atoms with Gasteiger partial charge in [-0.05, 0) is 6.92 Å². The number of rotatable bonds is 2. The van der Waals surface area contributed by atoms with Crippen LogP contribution in [0.15, 0.2) is 6.33 Å². The molecule has 1 heterocycles. The van der Waals surface area contributed by atoms with Gasteiger partial charge in [0.2, 0.25) is 0 Å². The maximum atomic E-state index is 5.05. The van der Waals surface area contributed by atoms with Gasteiger partial charge in [-0.2, -0.15) is 0 Å². The van der Waals surface area contributed by atoms with E-state index in [9.17, 15) is 0 Å². The summed E-state index contributed by atoms with van der Waals surface area (Å²) in [6.45, 7) is 1.93. The number of ether oxygens (including phenoxy) is 1. The Morgan fingerprint density at radius 1 is 1.70 bits per heavy atom. The van der Waals surface area contributed by atoms with Crippen LogP contribution in [0.2, 0.25) is 0 Å². The summed E-state index contributed by atoms with van der Waals surface area (Å²) in [5.74, 6) is 0.850. The van der Waals surface area contributed by atoms with Gasteiger partial charge in [-0.15, -0.1) is 10.2 Å². The van der Waals surface area contributed by atoms with Crippen LogP contribution in [0.25, 0.3) is 0 Å². The van der Waals surface area contributed by atoms with Crippen LogP contribution < -0.4 is 0 Å². The Bertz CT molecular complexity index is 209. The summed E-state index contributed by atoms with van der Waals surface area (Å²) in [6.07, 6.45) is 1.68. The average Bonchev–Trinajstić information content (AvgIpc) is 2.34. The Morgan fingerprint density at radius 2 is 2.40 bits per heavy atom. The molecule has 0 aliphatic rings. The van der Waals surface area contributed by atoms with Crippen molar-refractivity contribution in [3.8, 4) is 0 Å². The first-order valence-electron chi connectivity index (χ1n) is 3.12. The largest absolute Gasteiger partial charge is 0.374 e. The third-order valence-corrected chi connectivity index (χ3v) is 1.46. The average molecular weight is 141 g/mol. The lowest BCUT2D eigenvalue weighted by Gasteiger charge is -2.06. The van der Waals surface area contributed by atoms with Crippen molar-refractivity contribution in [2.75, 3.05) is 7.11 Å². The number of aromatic nitrogens is 3. The lowest BCUT2D eigenvalue weighted by Crippen LogP contribution is -2.03. The summed E-state index contributed by atoms with van der Waals surface area (Å²) >= 11 is 0. The molecule has 0 saturated heterocycles. The normalized spacial score (nSPS) is 13.5. The predicted molar refractivity (Wildman–Crippen MR) is 36.4 cm³/mol. The molecule has 0 saturated carbocycles. The van der Waals surface area contributed by atoms with Gasteiger partial charge in [0, 0.05) is 14.2 Å². The molecule has 0 bridgehead atoms. The van der Waals surface area contributed by atoms with Crippen molar-refractivity contribution >= 4 is 0 Å². The minimum Gasteiger partial charge on any atom is -0.374 e. The molecule has 0 amide bonds. The fourth-order valence-electron chi connectivity index (χ4n) is 0.766. The topological polar surface area (TPSA) is 39.9 Å². The summed E-state index contributed by atoms with van der Waals surface area (Å²) in [7, 11) is 3.55. The first-order chi connectivity index (χ1) is 4.75. The van der Waals surface area contributed by atoms with Crippen LogP contribution in [0.5, 0.6) is 0 Å². The van der Waals surface area contributed by atoms with Gasteiger partial charge in [-0.3, -0.25) is 0 Å². The van der Waals surface area contributed by atoms with E-state index < -0.39 is 0 Å². The second-order valence-electron chi connectivity index (χ2n) is 2.18. The number of aryl methyl sites for hydroxylation is 1. The zero-order valence-electron chi connectivity index (χ0n) is 6.40. The van der Waals surface area contributed by atoms with E-state index in [0.29, 0.717) is 0 Å². The van der Waals surface area contributed by atoms with E-state index in [1.807, 2.05) is 18.5 Å². The first-order valence-corrected chi connectivity index (χ1v) is 3.12. The van der Waals surface area contributed by atoms with Gasteiger partial charge >= 0.3 is 0 Å². The molecule has 0 aromatic carbocycles. The number of hydrogen-bond acceptors (Lipinski definition) is 3. The highest BCUT2D eigenvalue weighted by Crippen LogP contribution is 2.09. The van der Waals surface area contributed by atoms with Gasteiger partial charge in [-0.25, -0.2) is 0 Å². The maximum Gasteiger partial charge on any atom is 0.161 e. The molecule has 0 N–H and O–H groups in total. The molecule has 10 heavy (non-hydrogen) atoms. The lowest BCUT2D eigenvalue weighted by molar-refractivity contribution is 0.109. The Balaban J connectivity index is 2.82. The van der Waals surface area contributed by atoms with Crippen LogP contribution >= 0.6 is 0 Å². The van der Waals surface area contributed by atoms with Crippen molar-refractivity contribution in [2.45, 2.75) is 13.0 Å². The second kappa shape index (κ2) is 2.79. The zero-order valence-corrected chi connectivity index (χ0v) is 6.40. The zero-order chi connectivity index (χ0) is 7.56. The first kappa shape index (κ1) is 7.21. The standard InChI is InChI=1S/C6H11N3O/c1-5(10-3)6-8-7-4-9(6)2/h4-5H,1-3H3. The molecular weight excluding hydrogens is 130 g/mol. The molecule has 56 valence electrons. The summed E-state index contributed by atoms with van der Waals surface area (Å²) in [4.78, 5) is 0. The van der Waals surface area contributed by atoms with Crippen molar-refractivity contribution in [2.24, 2.45) is 7.05 Å². The maximum absolute atomic E-state index is 5.05. The molecular formula is C6H11N3O. The van der Waals surface area contributed by atoms with Crippen molar-refractivity contribution in [3.05, 3.63) is 12.2 Å². The molecule has 1 atom stereocenters. The molecule has 0 aliphatic carbocycles. The van der Waals surface area contributed by atoms with Gasteiger partial charge in [0.05, 0.1) is 0 Å². The molecule has 1 unspecified atom stereocenters. The van der Waals surface area contributed by atoms with E-state index in [1.54, 1.807) is 13.4 Å². The lowest BCUT2D eigenvalue weighted by atomic mass is 10.4. The highest BCUT2D eigenvalue weighted by atomic mass is 16.5. The van der Waals surface area contributed by atoms with E-state index in [-0.39, 0.29) is 6.10 Å². The smallest absolute Gasteiger partial charge is 0.161 e. The summed E-state index contributed by atoms with van der Waals surface area (Å²) in [6, 6.07) is 0. The third kappa shape index (κ3) is 1.16. The van der Waals surface area contributed by atoms with Crippen molar-refractivity contribution in [1.82, 2.24) is 14.8 Å². The molecule has 1 rings (SSSR count). The Morgan fingerprint density at radius 3 is 2.80 bits per heavy atom. The van der Waals surface area contributed by atoms with Gasteiger partial charge in [-0.1, -0.05) is 0 Å². The van der Waals surface area contributed by atoms with Crippen molar-refractivity contribution in [1.29, 1.82) is 0 Å². The van der Waals surface area contributed by atoms with Crippen LogP contribution in [-0.4, -0.2) is 21.9 Å². The van der Waals surface area contributed by atoms with Crippen LogP contribution in [0, 0.1) is 0 Å². The second-order valence-corrected chi connectivity index (χ2v) is 2.18. The Hall–Kier alpha value is -0.900. The summed E-state index contributed by atoms with van der Waals surface area (Å²) in [5, 5.41) is 7.60. The van der Waals surface area contributed by atoms with E-state index in [0.717, 1.165) is 5.82 Å². The van der Waals surface area contributed by atoms with E-state index in [2.05, 4.69) is 10.2 Å². The molecule has 4 nitrogen and oxygen atoms in total. The van der Waals surface area contributed by atoms with E-state index >= 15 is 0 Å². The van der Waals surface area contributed by atoms with Crippen LogP contribution in [0.4, 0.5) is 0 Å². The molecule has 0 fully saturated rings. The minimum absolute atomic E-state index is 0.0208. The number of methoxy groups -OCH3 is 1. The molecule has 1 aromatic heterocycles. The summed E-state index contributed by atoms with van der Waals surface area (Å²) < 4.78 is 6.89. The molecule has 0 aliphatic heterocycles. The van der Waals surface area contributed by atoms with Crippen molar-refractivity contribution in [3.63, 3.8) is 0 Å². The van der Waals surface area contributed by atoms with E-state index in [1.165, 1.54) is 0 Å². The third-order valence-electron chi connectivity index (χ3n) is 1.46. The number of nitrogens with zero attached hydrogens (tertiary/aromatic N) is 3.